The molecular weight excluding hydrogens is 248 g/mol. The Hall–Kier alpha value is -1.43. The lowest BCUT2D eigenvalue weighted by molar-refractivity contribution is 0.121. The van der Waals surface area contributed by atoms with Crippen molar-refractivity contribution < 1.29 is 9.57 Å². The molecule has 5 heteroatoms. The van der Waals surface area contributed by atoms with Crippen molar-refractivity contribution in [3.05, 3.63) is 45.9 Å². The van der Waals surface area contributed by atoms with Crippen LogP contribution in [0, 0.1) is 0 Å². The largest absolute Gasteiger partial charge is 0.486 e. The van der Waals surface area contributed by atoms with Gasteiger partial charge < -0.3 is 4.74 Å². The van der Waals surface area contributed by atoms with Gasteiger partial charge in [-0.05, 0) is 24.1 Å². The number of aromatic nitrogens is 1. The van der Waals surface area contributed by atoms with Gasteiger partial charge in [-0.1, -0.05) is 19.1 Å². The monoisotopic (exact) mass is 264 g/mol. The van der Waals surface area contributed by atoms with Gasteiger partial charge in [-0.25, -0.2) is 10.9 Å². The zero-order valence-corrected chi connectivity index (χ0v) is 11.1. The number of rotatable bonds is 6. The van der Waals surface area contributed by atoms with Crippen molar-refractivity contribution in [3.8, 4) is 5.75 Å². The molecule has 0 aliphatic rings. The first-order valence-corrected chi connectivity index (χ1v) is 6.66. The van der Waals surface area contributed by atoms with E-state index in [2.05, 4.69) is 28.9 Å². The molecule has 2 N–H and O–H groups in total. The third-order valence-electron chi connectivity index (χ3n) is 2.52. The van der Waals surface area contributed by atoms with Gasteiger partial charge in [0.25, 0.3) is 0 Å². The fourth-order valence-corrected chi connectivity index (χ4v) is 2.22. The SMILES string of the molecule is CCc1ccc(OCc2nc(CON)cs2)cc1. The second kappa shape index (κ2) is 6.49. The first kappa shape index (κ1) is 13.0. The Labute approximate surface area is 110 Å². The van der Waals surface area contributed by atoms with Gasteiger partial charge in [0.1, 0.15) is 24.0 Å². The summed E-state index contributed by atoms with van der Waals surface area (Å²) in [7, 11) is 0. The minimum Gasteiger partial charge on any atom is -0.486 e. The summed E-state index contributed by atoms with van der Waals surface area (Å²) in [5.74, 6) is 5.86. The van der Waals surface area contributed by atoms with E-state index >= 15 is 0 Å². The summed E-state index contributed by atoms with van der Waals surface area (Å²) < 4.78 is 5.66. The van der Waals surface area contributed by atoms with Crippen LogP contribution < -0.4 is 10.6 Å². The van der Waals surface area contributed by atoms with Crippen LogP contribution in [0.5, 0.6) is 5.75 Å². The Morgan fingerprint density at radius 3 is 2.67 bits per heavy atom. The zero-order chi connectivity index (χ0) is 12.8. The fraction of sp³-hybridized carbons (Fsp3) is 0.308. The molecule has 1 aromatic heterocycles. The summed E-state index contributed by atoms with van der Waals surface area (Å²) in [6.45, 7) is 2.94. The Morgan fingerprint density at radius 1 is 1.22 bits per heavy atom. The van der Waals surface area contributed by atoms with Crippen molar-refractivity contribution >= 4 is 11.3 Å². The van der Waals surface area contributed by atoms with E-state index in [9.17, 15) is 0 Å². The molecule has 2 rings (SSSR count). The predicted molar refractivity (Wildman–Crippen MR) is 71.2 cm³/mol. The van der Waals surface area contributed by atoms with Gasteiger partial charge in [-0.2, -0.15) is 0 Å². The number of ether oxygens (including phenoxy) is 1. The fourth-order valence-electron chi connectivity index (χ4n) is 1.53. The number of aryl methyl sites for hydroxylation is 1. The maximum Gasteiger partial charge on any atom is 0.140 e. The lowest BCUT2D eigenvalue weighted by Gasteiger charge is -2.04. The second-order valence-electron chi connectivity index (χ2n) is 3.83. The molecule has 0 spiro atoms. The normalized spacial score (nSPS) is 10.6. The van der Waals surface area contributed by atoms with E-state index in [-0.39, 0.29) is 0 Å². The van der Waals surface area contributed by atoms with Crippen LogP contribution in [0.1, 0.15) is 23.2 Å². The Kier molecular flexibility index (Phi) is 4.69. The quantitative estimate of drug-likeness (QED) is 0.815. The van der Waals surface area contributed by atoms with Crippen LogP contribution in [-0.4, -0.2) is 4.98 Å². The standard InChI is InChI=1S/C13H16N2O2S/c1-2-10-3-5-12(6-4-10)16-8-13-15-11(7-17-14)9-18-13/h3-6,9H,2,7-8,14H2,1H3. The van der Waals surface area contributed by atoms with Crippen LogP contribution in [0.3, 0.4) is 0 Å². The van der Waals surface area contributed by atoms with E-state index in [0.29, 0.717) is 13.2 Å². The first-order valence-electron chi connectivity index (χ1n) is 5.78. The van der Waals surface area contributed by atoms with Crippen LogP contribution in [-0.2, 0) is 24.5 Å². The average Bonchev–Trinajstić information content (AvgIpc) is 2.85. The van der Waals surface area contributed by atoms with E-state index < -0.39 is 0 Å². The van der Waals surface area contributed by atoms with Crippen LogP contribution in [0.15, 0.2) is 29.6 Å². The molecule has 0 saturated carbocycles. The summed E-state index contributed by atoms with van der Waals surface area (Å²) >= 11 is 1.54. The number of thiazole rings is 1. The molecule has 18 heavy (non-hydrogen) atoms. The molecule has 96 valence electrons. The van der Waals surface area contributed by atoms with E-state index in [4.69, 9.17) is 10.6 Å². The maximum atomic E-state index is 5.66. The average molecular weight is 264 g/mol. The van der Waals surface area contributed by atoms with Gasteiger partial charge in [-0.15, -0.1) is 11.3 Å². The van der Waals surface area contributed by atoms with Crippen molar-refractivity contribution in [3.63, 3.8) is 0 Å². The van der Waals surface area contributed by atoms with Crippen molar-refractivity contribution in [2.45, 2.75) is 26.6 Å². The Morgan fingerprint density at radius 2 is 2.00 bits per heavy atom. The highest BCUT2D eigenvalue weighted by Gasteiger charge is 2.03. The second-order valence-corrected chi connectivity index (χ2v) is 4.77. The summed E-state index contributed by atoms with van der Waals surface area (Å²) in [4.78, 5) is 8.87. The molecule has 0 unspecified atom stereocenters. The number of hydrogen-bond donors (Lipinski definition) is 1. The lowest BCUT2D eigenvalue weighted by Crippen LogP contribution is -2.00. The zero-order valence-electron chi connectivity index (χ0n) is 10.3. The minimum atomic E-state index is 0.335. The van der Waals surface area contributed by atoms with Crippen molar-refractivity contribution in [1.29, 1.82) is 0 Å². The third-order valence-corrected chi connectivity index (χ3v) is 3.40. The van der Waals surface area contributed by atoms with Gasteiger partial charge in [0.15, 0.2) is 0 Å². The van der Waals surface area contributed by atoms with Crippen molar-refractivity contribution in [2.24, 2.45) is 5.90 Å². The van der Waals surface area contributed by atoms with Gasteiger partial charge in [0, 0.05) is 5.38 Å². The van der Waals surface area contributed by atoms with Gasteiger partial charge in [-0.3, -0.25) is 4.84 Å². The lowest BCUT2D eigenvalue weighted by atomic mass is 10.2. The van der Waals surface area contributed by atoms with E-state index in [0.717, 1.165) is 22.9 Å². The van der Waals surface area contributed by atoms with E-state index in [1.54, 1.807) is 11.3 Å². The first-order chi connectivity index (χ1) is 8.81. The number of nitrogens with zero attached hydrogens (tertiary/aromatic N) is 1. The number of nitrogens with two attached hydrogens (primary N) is 1. The van der Waals surface area contributed by atoms with Crippen LogP contribution in [0.25, 0.3) is 0 Å². The molecule has 0 atom stereocenters. The molecule has 0 fully saturated rings. The molecule has 0 bridgehead atoms. The summed E-state index contributed by atoms with van der Waals surface area (Å²) in [6.07, 6.45) is 1.04. The van der Waals surface area contributed by atoms with Crippen LogP contribution >= 0.6 is 11.3 Å². The highest BCUT2D eigenvalue weighted by Crippen LogP contribution is 2.16. The molecule has 0 saturated heterocycles. The molecule has 1 aromatic carbocycles. The topological polar surface area (TPSA) is 57.4 Å². The Balaban J connectivity index is 1.89. The van der Waals surface area contributed by atoms with E-state index in [1.807, 2.05) is 17.5 Å². The molecular formula is C13H16N2O2S. The van der Waals surface area contributed by atoms with Gasteiger partial charge in [0.05, 0.1) is 5.69 Å². The number of hydrogen-bond acceptors (Lipinski definition) is 5. The summed E-state index contributed by atoms with van der Waals surface area (Å²) in [5.41, 5.74) is 2.14. The maximum absolute atomic E-state index is 5.66. The van der Waals surface area contributed by atoms with Gasteiger partial charge in [0.2, 0.25) is 0 Å². The molecule has 1 heterocycles. The van der Waals surface area contributed by atoms with Crippen molar-refractivity contribution in [2.75, 3.05) is 0 Å². The van der Waals surface area contributed by atoms with Crippen LogP contribution in [0.4, 0.5) is 0 Å². The van der Waals surface area contributed by atoms with E-state index in [1.165, 1.54) is 5.56 Å². The molecule has 2 aromatic rings. The number of benzene rings is 1. The molecule has 0 radical (unpaired) electrons. The van der Waals surface area contributed by atoms with Crippen LogP contribution in [0.2, 0.25) is 0 Å². The minimum absolute atomic E-state index is 0.335. The Bertz CT molecular complexity index is 482. The predicted octanol–water partition coefficient (Wildman–Crippen LogP) is 2.67. The molecule has 4 nitrogen and oxygen atoms in total. The molecule has 0 aliphatic heterocycles. The summed E-state index contributed by atoms with van der Waals surface area (Å²) in [5, 5.41) is 2.84. The molecule has 0 aliphatic carbocycles. The highest BCUT2D eigenvalue weighted by molar-refractivity contribution is 7.09. The highest BCUT2D eigenvalue weighted by atomic mass is 32.1. The molecule has 0 amide bonds. The summed E-state index contributed by atoms with van der Waals surface area (Å²) in [6, 6.07) is 8.11. The smallest absolute Gasteiger partial charge is 0.140 e. The third kappa shape index (κ3) is 3.53. The van der Waals surface area contributed by atoms with Gasteiger partial charge >= 0.3 is 0 Å². The van der Waals surface area contributed by atoms with Crippen molar-refractivity contribution in [1.82, 2.24) is 4.98 Å².